The average Bonchev–Trinajstić information content (AvgIpc) is 2.68. The van der Waals surface area contributed by atoms with Gasteiger partial charge in [-0.15, -0.1) is 0 Å². The molecule has 0 aliphatic carbocycles. The molecule has 1 saturated heterocycles. The Hall–Kier alpha value is -2.26. The van der Waals surface area contributed by atoms with Crippen molar-refractivity contribution in [3.8, 4) is 5.75 Å². The summed E-state index contributed by atoms with van der Waals surface area (Å²) in [6, 6.07) is 16.6. The molecule has 2 aliphatic rings. The molecule has 1 fully saturated rings. The van der Waals surface area contributed by atoms with Crippen molar-refractivity contribution in [1.82, 2.24) is 0 Å². The minimum absolute atomic E-state index is 0.109. The van der Waals surface area contributed by atoms with Crippen LogP contribution in [0.4, 0.5) is 0 Å². The van der Waals surface area contributed by atoms with Crippen LogP contribution in [-0.4, -0.2) is 19.8 Å². The van der Waals surface area contributed by atoms with Crippen LogP contribution in [0.3, 0.4) is 0 Å². The Bertz CT molecular complexity index is 740. The molecule has 1 atom stereocenters. The number of benzene rings is 2. The largest absolute Gasteiger partial charge is 0.497 e. The van der Waals surface area contributed by atoms with Crippen LogP contribution in [0.15, 0.2) is 48.5 Å². The highest BCUT2D eigenvalue weighted by atomic mass is 16.5. The van der Waals surface area contributed by atoms with E-state index in [-0.39, 0.29) is 6.10 Å². The molecule has 124 valence electrons. The molecular formula is C21H22O3. The summed E-state index contributed by atoms with van der Waals surface area (Å²) in [5, 5.41) is 0. The Morgan fingerprint density at radius 1 is 1.00 bits per heavy atom. The molecule has 0 spiro atoms. The molecule has 1 unspecified atom stereocenters. The Kier molecular flexibility index (Phi) is 4.26. The Morgan fingerprint density at radius 3 is 2.58 bits per heavy atom. The van der Waals surface area contributed by atoms with Crippen LogP contribution in [0.5, 0.6) is 5.75 Å². The van der Waals surface area contributed by atoms with E-state index >= 15 is 0 Å². The second-order valence-electron chi connectivity index (χ2n) is 6.27. The quantitative estimate of drug-likeness (QED) is 0.822. The van der Waals surface area contributed by atoms with Crippen molar-refractivity contribution in [3.05, 3.63) is 65.2 Å². The van der Waals surface area contributed by atoms with Crippen molar-refractivity contribution in [2.45, 2.75) is 32.0 Å². The fraction of sp³-hybridized carbons (Fsp3) is 0.333. The number of ether oxygens (including phenoxy) is 3. The third-order valence-corrected chi connectivity index (χ3v) is 4.78. The van der Waals surface area contributed by atoms with E-state index in [0.29, 0.717) is 6.61 Å². The molecule has 24 heavy (non-hydrogen) atoms. The van der Waals surface area contributed by atoms with Gasteiger partial charge < -0.3 is 14.2 Å². The van der Waals surface area contributed by atoms with E-state index in [4.69, 9.17) is 14.2 Å². The third-order valence-electron chi connectivity index (χ3n) is 4.78. The number of hydrogen-bond acceptors (Lipinski definition) is 3. The number of fused-ring (bicyclic) bond motifs is 1. The van der Waals surface area contributed by atoms with Crippen LogP contribution in [0.2, 0.25) is 0 Å². The minimum Gasteiger partial charge on any atom is -0.497 e. The first-order chi connectivity index (χ1) is 11.9. The molecular weight excluding hydrogens is 300 g/mol. The van der Waals surface area contributed by atoms with Crippen LogP contribution in [0, 0.1) is 0 Å². The first kappa shape index (κ1) is 15.3. The lowest BCUT2D eigenvalue weighted by Crippen LogP contribution is -2.24. The van der Waals surface area contributed by atoms with Crippen LogP contribution in [0.25, 0.3) is 11.3 Å². The summed E-state index contributed by atoms with van der Waals surface area (Å²) < 4.78 is 17.6. The van der Waals surface area contributed by atoms with Gasteiger partial charge in [0.2, 0.25) is 0 Å². The summed E-state index contributed by atoms with van der Waals surface area (Å²) >= 11 is 0. The highest BCUT2D eigenvalue weighted by Gasteiger charge is 2.29. The van der Waals surface area contributed by atoms with Gasteiger partial charge in [0.05, 0.1) is 13.2 Å². The zero-order valence-electron chi connectivity index (χ0n) is 14.0. The van der Waals surface area contributed by atoms with Crippen LogP contribution in [-0.2, 0) is 16.1 Å². The topological polar surface area (TPSA) is 27.7 Å². The van der Waals surface area contributed by atoms with Gasteiger partial charge in [0.25, 0.3) is 0 Å². The van der Waals surface area contributed by atoms with E-state index in [1.165, 1.54) is 23.1 Å². The summed E-state index contributed by atoms with van der Waals surface area (Å²) in [6.07, 6.45) is 3.50. The van der Waals surface area contributed by atoms with Gasteiger partial charge in [-0.2, -0.15) is 0 Å². The second kappa shape index (κ2) is 6.70. The zero-order valence-corrected chi connectivity index (χ0v) is 14.0. The van der Waals surface area contributed by atoms with Gasteiger partial charge >= 0.3 is 0 Å². The molecule has 0 bridgehead atoms. The van der Waals surface area contributed by atoms with Crippen molar-refractivity contribution >= 4 is 11.3 Å². The molecule has 2 aromatic rings. The SMILES string of the molecule is COc1ccc(C2=C(C3CCCCO3)c3ccccc3CO2)cc1. The van der Waals surface area contributed by atoms with E-state index < -0.39 is 0 Å². The lowest BCUT2D eigenvalue weighted by Gasteiger charge is -2.31. The maximum Gasteiger partial charge on any atom is 0.133 e. The first-order valence-electron chi connectivity index (χ1n) is 8.58. The van der Waals surface area contributed by atoms with Crippen LogP contribution >= 0.6 is 0 Å². The normalized spacial score (nSPS) is 20.3. The molecule has 2 aliphatic heterocycles. The van der Waals surface area contributed by atoms with E-state index in [2.05, 4.69) is 36.4 Å². The predicted molar refractivity (Wildman–Crippen MR) is 94.6 cm³/mol. The molecule has 4 rings (SSSR count). The number of methoxy groups -OCH3 is 1. The maximum absolute atomic E-state index is 6.19. The van der Waals surface area contributed by atoms with Gasteiger partial charge in [0.1, 0.15) is 18.1 Å². The highest BCUT2D eigenvalue weighted by Crippen LogP contribution is 2.40. The van der Waals surface area contributed by atoms with Gasteiger partial charge in [-0.05, 0) is 54.7 Å². The van der Waals surface area contributed by atoms with Crippen LogP contribution in [0.1, 0.15) is 36.0 Å². The van der Waals surface area contributed by atoms with E-state index in [1.54, 1.807) is 7.11 Å². The van der Waals surface area contributed by atoms with Crippen LogP contribution < -0.4 is 4.74 Å². The smallest absolute Gasteiger partial charge is 0.133 e. The van der Waals surface area contributed by atoms with Crippen molar-refractivity contribution in [2.24, 2.45) is 0 Å². The fourth-order valence-electron chi connectivity index (χ4n) is 3.53. The number of rotatable bonds is 3. The van der Waals surface area contributed by atoms with Gasteiger partial charge in [0, 0.05) is 17.7 Å². The molecule has 0 saturated carbocycles. The molecule has 0 N–H and O–H groups in total. The second-order valence-corrected chi connectivity index (χ2v) is 6.27. The van der Waals surface area contributed by atoms with E-state index in [9.17, 15) is 0 Å². The fourth-order valence-corrected chi connectivity index (χ4v) is 3.53. The molecule has 0 amide bonds. The van der Waals surface area contributed by atoms with E-state index in [0.717, 1.165) is 36.5 Å². The molecule has 2 heterocycles. The maximum atomic E-state index is 6.19. The molecule has 2 aromatic carbocycles. The average molecular weight is 322 g/mol. The predicted octanol–water partition coefficient (Wildman–Crippen LogP) is 4.66. The highest BCUT2D eigenvalue weighted by molar-refractivity contribution is 5.91. The lowest BCUT2D eigenvalue weighted by atomic mass is 9.88. The molecule has 0 aromatic heterocycles. The van der Waals surface area contributed by atoms with Crippen molar-refractivity contribution < 1.29 is 14.2 Å². The first-order valence-corrected chi connectivity index (χ1v) is 8.58. The Morgan fingerprint density at radius 2 is 1.83 bits per heavy atom. The summed E-state index contributed by atoms with van der Waals surface area (Å²) in [7, 11) is 1.68. The van der Waals surface area contributed by atoms with Crippen molar-refractivity contribution in [2.75, 3.05) is 13.7 Å². The monoisotopic (exact) mass is 322 g/mol. The van der Waals surface area contributed by atoms with E-state index in [1.807, 2.05) is 12.1 Å². The Balaban J connectivity index is 1.83. The van der Waals surface area contributed by atoms with Gasteiger partial charge in [-0.1, -0.05) is 24.3 Å². The van der Waals surface area contributed by atoms with Gasteiger partial charge in [0.15, 0.2) is 0 Å². The van der Waals surface area contributed by atoms with Crippen molar-refractivity contribution in [3.63, 3.8) is 0 Å². The van der Waals surface area contributed by atoms with Gasteiger partial charge in [-0.3, -0.25) is 0 Å². The molecule has 0 radical (unpaired) electrons. The minimum atomic E-state index is 0.109. The number of hydrogen-bond donors (Lipinski definition) is 0. The summed E-state index contributed by atoms with van der Waals surface area (Å²) in [5.41, 5.74) is 4.77. The summed E-state index contributed by atoms with van der Waals surface area (Å²) in [5.74, 6) is 1.80. The zero-order chi connectivity index (χ0) is 16.4. The third kappa shape index (κ3) is 2.80. The van der Waals surface area contributed by atoms with Crippen molar-refractivity contribution in [1.29, 1.82) is 0 Å². The van der Waals surface area contributed by atoms with Gasteiger partial charge in [-0.25, -0.2) is 0 Å². The standard InChI is InChI=1S/C21H22O3/c1-22-17-11-9-15(10-12-17)21-20(19-8-4-5-13-23-19)18-7-3-2-6-16(18)14-24-21/h2-3,6-7,9-12,19H,4-5,8,13-14H2,1H3. The summed E-state index contributed by atoms with van der Waals surface area (Å²) in [6.45, 7) is 1.43. The Labute approximate surface area is 142 Å². The summed E-state index contributed by atoms with van der Waals surface area (Å²) in [4.78, 5) is 0. The molecule has 3 heteroatoms. The molecule has 3 nitrogen and oxygen atoms in total. The lowest BCUT2D eigenvalue weighted by molar-refractivity contribution is 0.0513.